The molecule has 0 bridgehead atoms. The molecule has 0 heterocycles. The number of amides is 1. The van der Waals surface area contributed by atoms with Gasteiger partial charge in [0.15, 0.2) is 0 Å². The molecule has 1 aromatic rings. The Morgan fingerprint density at radius 3 is 2.78 bits per heavy atom. The van der Waals surface area contributed by atoms with Crippen LogP contribution in [0.5, 0.6) is 0 Å². The van der Waals surface area contributed by atoms with Crippen LogP contribution in [0.25, 0.3) is 0 Å². The van der Waals surface area contributed by atoms with E-state index in [0.29, 0.717) is 35.3 Å². The summed E-state index contributed by atoms with van der Waals surface area (Å²) in [6.07, 6.45) is 0.350. The molecular weight excluding hydrogens is 282 g/mol. The van der Waals surface area contributed by atoms with Crippen molar-refractivity contribution >= 4 is 35.8 Å². The fourth-order valence-corrected chi connectivity index (χ4v) is 1.77. The number of hydrogen-bond donors (Lipinski definition) is 2. The summed E-state index contributed by atoms with van der Waals surface area (Å²) in [5.41, 5.74) is 0.539. The molecule has 0 aliphatic rings. The molecule has 0 fully saturated rings. The summed E-state index contributed by atoms with van der Waals surface area (Å²) in [6, 6.07) is 6.43. The summed E-state index contributed by atoms with van der Waals surface area (Å²) in [5.74, 6) is -2.59. The van der Waals surface area contributed by atoms with Crippen LogP contribution >= 0.6 is 24.2 Å². The molecule has 7 heteroatoms. The fourth-order valence-electron chi connectivity index (χ4n) is 1.21. The van der Waals surface area contributed by atoms with Gasteiger partial charge < -0.3 is 10.6 Å². The first-order valence-corrected chi connectivity index (χ1v) is 5.99. The van der Waals surface area contributed by atoms with Crippen molar-refractivity contribution < 1.29 is 13.6 Å². The number of anilines is 1. The van der Waals surface area contributed by atoms with Gasteiger partial charge in [-0.15, -0.1) is 12.4 Å². The number of thioether (sulfide) groups is 1. The zero-order valence-electron chi connectivity index (χ0n) is 9.78. The van der Waals surface area contributed by atoms with Crippen molar-refractivity contribution in [1.29, 1.82) is 0 Å². The van der Waals surface area contributed by atoms with Gasteiger partial charge in [-0.3, -0.25) is 4.79 Å². The fraction of sp³-hybridized carbons (Fsp3) is 0.364. The summed E-state index contributed by atoms with van der Waals surface area (Å²) in [6.45, 7) is 0.581. The van der Waals surface area contributed by atoms with E-state index in [9.17, 15) is 13.6 Å². The molecule has 102 valence electrons. The number of rotatable bonds is 6. The minimum absolute atomic E-state index is 0. The first kappa shape index (κ1) is 17.2. The molecule has 0 unspecified atom stereocenters. The molecule has 1 aromatic carbocycles. The summed E-state index contributed by atoms with van der Waals surface area (Å²) in [4.78, 5) is 11.8. The lowest BCUT2D eigenvalue weighted by molar-refractivity contribution is -0.116. The van der Waals surface area contributed by atoms with Gasteiger partial charge in [0.1, 0.15) is 0 Å². The Kier molecular flexibility index (Phi) is 8.70. The van der Waals surface area contributed by atoms with Crippen LogP contribution in [0.1, 0.15) is 6.42 Å². The number of carbonyl (C=O) groups excluding carboxylic acids is 1. The predicted octanol–water partition coefficient (Wildman–Crippen LogP) is 2.97. The van der Waals surface area contributed by atoms with Gasteiger partial charge in [-0.25, -0.2) is 0 Å². The van der Waals surface area contributed by atoms with Gasteiger partial charge in [0.05, 0.1) is 0 Å². The lowest BCUT2D eigenvalue weighted by atomic mass is 10.3. The molecular formula is C11H15ClF2N2OS. The van der Waals surface area contributed by atoms with Crippen molar-refractivity contribution in [2.75, 3.05) is 18.9 Å². The zero-order chi connectivity index (χ0) is 12.7. The van der Waals surface area contributed by atoms with E-state index >= 15 is 0 Å². The van der Waals surface area contributed by atoms with Crippen LogP contribution < -0.4 is 10.6 Å². The number of halogens is 3. The molecule has 0 aliphatic carbocycles. The smallest absolute Gasteiger partial charge is 0.288 e. The first-order chi connectivity index (χ1) is 8.11. The number of hydrogen-bond acceptors (Lipinski definition) is 3. The number of alkyl halides is 2. The molecule has 3 nitrogen and oxygen atoms in total. The molecule has 1 amide bonds. The maximum atomic E-state index is 12.1. The van der Waals surface area contributed by atoms with Crippen molar-refractivity contribution in [3.8, 4) is 0 Å². The minimum atomic E-state index is -2.45. The summed E-state index contributed by atoms with van der Waals surface area (Å²) < 4.78 is 24.3. The largest absolute Gasteiger partial charge is 0.326 e. The van der Waals surface area contributed by atoms with E-state index in [2.05, 4.69) is 10.6 Å². The van der Waals surface area contributed by atoms with E-state index in [1.165, 1.54) is 6.07 Å². The molecule has 0 atom stereocenters. The highest BCUT2D eigenvalue weighted by molar-refractivity contribution is 7.99. The predicted molar refractivity (Wildman–Crippen MR) is 72.7 cm³/mol. The van der Waals surface area contributed by atoms with E-state index in [4.69, 9.17) is 0 Å². The second-order valence-corrected chi connectivity index (χ2v) is 4.37. The Balaban J connectivity index is 0.00000289. The molecule has 2 N–H and O–H groups in total. The van der Waals surface area contributed by atoms with Gasteiger partial charge in [-0.05, 0) is 25.2 Å². The first-order valence-electron chi connectivity index (χ1n) is 5.11. The van der Waals surface area contributed by atoms with E-state index in [-0.39, 0.29) is 18.3 Å². The summed E-state index contributed by atoms with van der Waals surface area (Å²) >= 11 is 0.461. The van der Waals surface area contributed by atoms with Crippen LogP contribution in [-0.2, 0) is 4.79 Å². The standard InChI is InChI=1S/C11H14F2N2OS.ClH/c1-14-6-5-10(16)15-8-3-2-4-9(7-8)17-11(12)13;/h2-4,7,11,14H,5-6H2,1H3,(H,15,16);1H. The second-order valence-electron chi connectivity index (χ2n) is 3.31. The number of carbonyl (C=O) groups is 1. The van der Waals surface area contributed by atoms with Gasteiger partial charge in [0.2, 0.25) is 5.91 Å². The number of benzene rings is 1. The van der Waals surface area contributed by atoms with Crippen molar-refractivity contribution in [2.45, 2.75) is 17.1 Å². The monoisotopic (exact) mass is 296 g/mol. The SMILES string of the molecule is CNCCC(=O)Nc1cccc(SC(F)F)c1.Cl. The lowest BCUT2D eigenvalue weighted by Crippen LogP contribution is -2.18. The van der Waals surface area contributed by atoms with Crippen LogP contribution in [0.4, 0.5) is 14.5 Å². The highest BCUT2D eigenvalue weighted by Crippen LogP contribution is 2.27. The quantitative estimate of drug-likeness (QED) is 0.793. The van der Waals surface area contributed by atoms with Gasteiger partial charge in [0.25, 0.3) is 5.76 Å². The highest BCUT2D eigenvalue weighted by atomic mass is 35.5. The van der Waals surface area contributed by atoms with Gasteiger partial charge >= 0.3 is 0 Å². The molecule has 0 saturated heterocycles. The van der Waals surface area contributed by atoms with Crippen LogP contribution in [-0.4, -0.2) is 25.3 Å². The minimum Gasteiger partial charge on any atom is -0.326 e. The normalized spacial score (nSPS) is 10.0. The average molecular weight is 297 g/mol. The Bertz CT molecular complexity index is 380. The van der Waals surface area contributed by atoms with Gasteiger partial charge in [-0.1, -0.05) is 17.8 Å². The Hall–Kier alpha value is -0.850. The number of nitrogens with one attached hydrogen (secondary N) is 2. The third-order valence-corrected chi connectivity index (χ3v) is 2.65. The van der Waals surface area contributed by atoms with Gasteiger partial charge in [0, 0.05) is 23.5 Å². The summed E-state index contributed by atoms with van der Waals surface area (Å²) in [7, 11) is 1.76. The van der Waals surface area contributed by atoms with Crippen LogP contribution in [0.15, 0.2) is 29.2 Å². The van der Waals surface area contributed by atoms with E-state index in [1.54, 1.807) is 25.2 Å². The van der Waals surface area contributed by atoms with E-state index in [0.717, 1.165) is 0 Å². The zero-order valence-corrected chi connectivity index (χ0v) is 11.4. The Labute approximate surface area is 115 Å². The van der Waals surface area contributed by atoms with Crippen molar-refractivity contribution in [2.24, 2.45) is 0 Å². The molecule has 0 aromatic heterocycles. The molecule has 0 spiro atoms. The van der Waals surface area contributed by atoms with Crippen LogP contribution in [0.3, 0.4) is 0 Å². The Morgan fingerprint density at radius 2 is 2.17 bits per heavy atom. The van der Waals surface area contributed by atoms with Crippen LogP contribution in [0, 0.1) is 0 Å². The van der Waals surface area contributed by atoms with E-state index < -0.39 is 5.76 Å². The maximum absolute atomic E-state index is 12.1. The van der Waals surface area contributed by atoms with Crippen molar-refractivity contribution in [1.82, 2.24) is 5.32 Å². The summed E-state index contributed by atoms with van der Waals surface area (Å²) in [5, 5.41) is 5.51. The van der Waals surface area contributed by atoms with Crippen molar-refractivity contribution in [3.05, 3.63) is 24.3 Å². The van der Waals surface area contributed by atoms with Gasteiger partial charge in [-0.2, -0.15) is 8.78 Å². The molecule has 1 rings (SSSR count). The maximum Gasteiger partial charge on any atom is 0.288 e. The third kappa shape index (κ3) is 6.78. The topological polar surface area (TPSA) is 41.1 Å². The third-order valence-electron chi connectivity index (χ3n) is 1.95. The molecule has 0 aliphatic heterocycles. The highest BCUT2D eigenvalue weighted by Gasteiger charge is 2.06. The molecule has 0 saturated carbocycles. The lowest BCUT2D eigenvalue weighted by Gasteiger charge is -2.06. The second kappa shape index (κ2) is 9.13. The van der Waals surface area contributed by atoms with Crippen LogP contribution in [0.2, 0.25) is 0 Å². The molecule has 18 heavy (non-hydrogen) atoms. The van der Waals surface area contributed by atoms with Crippen molar-refractivity contribution in [3.63, 3.8) is 0 Å². The van der Waals surface area contributed by atoms with E-state index in [1.807, 2.05) is 0 Å². The Morgan fingerprint density at radius 1 is 1.44 bits per heavy atom. The average Bonchev–Trinajstić information content (AvgIpc) is 2.26. The molecule has 0 radical (unpaired) electrons.